The molecule has 2 amide bonds. The monoisotopic (exact) mass is 278 g/mol. The highest BCUT2D eigenvalue weighted by atomic mass is 16.6. The Morgan fingerprint density at radius 1 is 1.45 bits per heavy atom. The number of nitrogens with one attached hydrogen (secondary N) is 1. The third kappa shape index (κ3) is 2.75. The lowest BCUT2D eigenvalue weighted by molar-refractivity contribution is -0.384. The van der Waals surface area contributed by atoms with Crippen LogP contribution in [0.4, 0.5) is 11.4 Å². The first-order valence-electron chi connectivity index (χ1n) is 6.10. The Labute approximate surface area is 114 Å². The molecule has 1 aliphatic rings. The highest BCUT2D eigenvalue weighted by Crippen LogP contribution is 2.31. The van der Waals surface area contributed by atoms with Crippen molar-refractivity contribution < 1.29 is 14.5 Å². The van der Waals surface area contributed by atoms with Gasteiger partial charge in [0.15, 0.2) is 0 Å². The van der Waals surface area contributed by atoms with Gasteiger partial charge in [0.2, 0.25) is 11.8 Å². The molecule has 0 saturated carbocycles. The fraction of sp³-hybridized carbons (Fsp3) is 0.333. The van der Waals surface area contributed by atoms with Crippen molar-refractivity contribution in [3.05, 3.63) is 33.9 Å². The number of hydrogen-bond acceptors (Lipinski definition) is 5. The molecule has 2 rings (SSSR count). The van der Waals surface area contributed by atoms with Crippen molar-refractivity contribution >= 4 is 23.2 Å². The Hall–Kier alpha value is -2.48. The number of hydrogen-bond donors (Lipinski definition) is 2. The molecule has 0 fully saturated rings. The minimum Gasteiger partial charge on any atom is -0.312 e. The molecule has 0 aliphatic carbocycles. The number of non-ortho nitro benzene ring substituents is 1. The number of nitrogens with zero attached hydrogens (tertiary/aromatic N) is 2. The number of nitro benzene ring substituents is 1. The molecule has 0 saturated heterocycles. The number of hydrazine groups is 1. The summed E-state index contributed by atoms with van der Waals surface area (Å²) in [4.78, 5) is 34.8. The zero-order valence-corrected chi connectivity index (χ0v) is 10.7. The number of carbonyl (C=O) groups excluding carboxylic acids is 2. The average molecular weight is 278 g/mol. The zero-order valence-electron chi connectivity index (χ0n) is 10.7. The second-order valence-electron chi connectivity index (χ2n) is 4.43. The van der Waals surface area contributed by atoms with Crippen LogP contribution in [-0.2, 0) is 16.0 Å². The molecule has 106 valence electrons. The maximum absolute atomic E-state index is 11.9. The fourth-order valence-corrected chi connectivity index (χ4v) is 2.19. The largest absolute Gasteiger partial charge is 0.312 e. The average Bonchev–Trinajstić information content (AvgIpc) is 2.45. The summed E-state index contributed by atoms with van der Waals surface area (Å²) < 4.78 is 0. The van der Waals surface area contributed by atoms with E-state index in [0.717, 1.165) is 5.56 Å². The molecule has 3 N–H and O–H groups in total. The maximum Gasteiger partial charge on any atom is 0.269 e. The van der Waals surface area contributed by atoms with Crippen LogP contribution >= 0.6 is 0 Å². The van der Waals surface area contributed by atoms with Gasteiger partial charge in [0.1, 0.15) is 0 Å². The molecule has 20 heavy (non-hydrogen) atoms. The predicted molar refractivity (Wildman–Crippen MR) is 70.7 cm³/mol. The van der Waals surface area contributed by atoms with Crippen LogP contribution in [-0.4, -0.2) is 23.3 Å². The Kier molecular flexibility index (Phi) is 3.94. The number of amides is 2. The van der Waals surface area contributed by atoms with Crippen LogP contribution in [0.5, 0.6) is 0 Å². The number of carbonyl (C=O) groups is 2. The molecule has 8 heteroatoms. The highest BCUT2D eigenvalue weighted by Gasteiger charge is 2.25. The first-order valence-corrected chi connectivity index (χ1v) is 6.10. The Bertz CT molecular complexity index is 573. The van der Waals surface area contributed by atoms with Crippen molar-refractivity contribution in [1.82, 2.24) is 5.43 Å². The first-order chi connectivity index (χ1) is 9.52. The maximum atomic E-state index is 11.9. The number of rotatable bonds is 4. The number of aryl methyl sites for hydroxylation is 1. The highest BCUT2D eigenvalue weighted by molar-refractivity contribution is 5.97. The third-order valence-corrected chi connectivity index (χ3v) is 3.20. The van der Waals surface area contributed by atoms with E-state index in [1.165, 1.54) is 17.0 Å². The minimum atomic E-state index is -0.469. The molecule has 1 aromatic rings. The van der Waals surface area contributed by atoms with E-state index >= 15 is 0 Å². The Balaban J connectivity index is 2.25. The number of anilines is 1. The SMILES string of the molecule is NNC(=O)CCN1C(=O)CCc2cc([N+](=O)[O-])ccc21. The number of nitro groups is 1. The second kappa shape index (κ2) is 5.66. The van der Waals surface area contributed by atoms with Crippen molar-refractivity contribution in [2.75, 3.05) is 11.4 Å². The molecule has 8 nitrogen and oxygen atoms in total. The first kappa shape index (κ1) is 13.9. The van der Waals surface area contributed by atoms with Gasteiger partial charge in [0.25, 0.3) is 5.69 Å². The molecule has 0 radical (unpaired) electrons. The van der Waals surface area contributed by atoms with E-state index in [2.05, 4.69) is 0 Å². The Morgan fingerprint density at radius 2 is 2.20 bits per heavy atom. The van der Waals surface area contributed by atoms with E-state index in [0.29, 0.717) is 12.1 Å². The standard InChI is InChI=1S/C12H14N4O4/c13-14-11(17)5-6-15-10-3-2-9(16(19)20)7-8(10)1-4-12(15)18/h2-3,7H,1,4-6,13H2,(H,14,17). The van der Waals surface area contributed by atoms with E-state index in [1.807, 2.05) is 5.43 Å². The van der Waals surface area contributed by atoms with Gasteiger partial charge in [-0.15, -0.1) is 0 Å². The van der Waals surface area contributed by atoms with E-state index in [4.69, 9.17) is 5.84 Å². The molecule has 0 atom stereocenters. The molecule has 1 heterocycles. The normalized spacial score (nSPS) is 13.8. The smallest absolute Gasteiger partial charge is 0.269 e. The fourth-order valence-electron chi connectivity index (χ4n) is 2.19. The molecule has 0 bridgehead atoms. The van der Waals surface area contributed by atoms with Gasteiger partial charge in [-0.05, 0) is 18.1 Å². The zero-order chi connectivity index (χ0) is 14.7. The van der Waals surface area contributed by atoms with Gasteiger partial charge in [-0.1, -0.05) is 0 Å². The Morgan fingerprint density at radius 3 is 2.85 bits per heavy atom. The summed E-state index contributed by atoms with van der Waals surface area (Å²) in [5, 5.41) is 10.7. The second-order valence-corrected chi connectivity index (χ2v) is 4.43. The number of benzene rings is 1. The van der Waals surface area contributed by atoms with Crippen LogP contribution < -0.4 is 16.2 Å². The van der Waals surface area contributed by atoms with Crippen molar-refractivity contribution in [2.24, 2.45) is 5.84 Å². The van der Waals surface area contributed by atoms with Gasteiger partial charge in [-0.2, -0.15) is 0 Å². The summed E-state index contributed by atoms with van der Waals surface area (Å²) in [6, 6.07) is 4.37. The number of nitrogens with two attached hydrogens (primary N) is 1. The van der Waals surface area contributed by atoms with Gasteiger partial charge < -0.3 is 4.90 Å². The van der Waals surface area contributed by atoms with E-state index in [-0.39, 0.29) is 36.9 Å². The van der Waals surface area contributed by atoms with Crippen LogP contribution in [0.15, 0.2) is 18.2 Å². The van der Waals surface area contributed by atoms with Crippen LogP contribution in [0, 0.1) is 10.1 Å². The van der Waals surface area contributed by atoms with Crippen molar-refractivity contribution in [3.8, 4) is 0 Å². The van der Waals surface area contributed by atoms with Crippen LogP contribution in [0.2, 0.25) is 0 Å². The molecule has 0 aromatic heterocycles. The van der Waals surface area contributed by atoms with E-state index in [9.17, 15) is 19.7 Å². The summed E-state index contributed by atoms with van der Waals surface area (Å²) in [5.41, 5.74) is 3.36. The predicted octanol–water partition coefficient (Wildman–Crippen LogP) is 0.254. The molecule has 1 aliphatic heterocycles. The third-order valence-electron chi connectivity index (χ3n) is 3.20. The molecular formula is C12H14N4O4. The van der Waals surface area contributed by atoms with Crippen molar-refractivity contribution in [2.45, 2.75) is 19.3 Å². The molecule has 0 unspecified atom stereocenters. The lowest BCUT2D eigenvalue weighted by atomic mass is 10.00. The van der Waals surface area contributed by atoms with Gasteiger partial charge in [-0.25, -0.2) is 5.84 Å². The van der Waals surface area contributed by atoms with E-state index < -0.39 is 4.92 Å². The summed E-state index contributed by atoms with van der Waals surface area (Å²) in [6.07, 6.45) is 0.826. The van der Waals surface area contributed by atoms with Gasteiger partial charge in [0, 0.05) is 37.2 Å². The van der Waals surface area contributed by atoms with Crippen molar-refractivity contribution in [1.29, 1.82) is 0 Å². The number of fused-ring (bicyclic) bond motifs is 1. The minimum absolute atomic E-state index is 0.00208. The van der Waals surface area contributed by atoms with Crippen LogP contribution in [0.1, 0.15) is 18.4 Å². The lowest BCUT2D eigenvalue weighted by Crippen LogP contribution is -2.39. The topological polar surface area (TPSA) is 119 Å². The van der Waals surface area contributed by atoms with Gasteiger partial charge >= 0.3 is 0 Å². The summed E-state index contributed by atoms with van der Waals surface area (Å²) in [7, 11) is 0. The quantitative estimate of drug-likeness (QED) is 0.354. The van der Waals surface area contributed by atoms with Gasteiger partial charge in [0.05, 0.1) is 4.92 Å². The lowest BCUT2D eigenvalue weighted by Gasteiger charge is -2.29. The van der Waals surface area contributed by atoms with Crippen molar-refractivity contribution in [3.63, 3.8) is 0 Å². The van der Waals surface area contributed by atoms with Gasteiger partial charge in [-0.3, -0.25) is 25.1 Å². The van der Waals surface area contributed by atoms with Crippen LogP contribution in [0.3, 0.4) is 0 Å². The molecule has 0 spiro atoms. The molecule has 1 aromatic carbocycles. The van der Waals surface area contributed by atoms with Crippen LogP contribution in [0.25, 0.3) is 0 Å². The summed E-state index contributed by atoms with van der Waals surface area (Å²) in [6.45, 7) is 0.201. The summed E-state index contributed by atoms with van der Waals surface area (Å²) >= 11 is 0. The van der Waals surface area contributed by atoms with E-state index in [1.54, 1.807) is 6.07 Å². The molecular weight excluding hydrogens is 264 g/mol. The summed E-state index contributed by atoms with van der Waals surface area (Å²) in [5.74, 6) is 4.52.